The van der Waals surface area contributed by atoms with E-state index < -0.39 is 11.7 Å². The number of nitrogens with one attached hydrogen (secondary N) is 2. The zero-order valence-electron chi connectivity index (χ0n) is 17.2. The molecule has 1 saturated heterocycles. The molecule has 1 aliphatic rings. The van der Waals surface area contributed by atoms with Crippen LogP contribution in [0, 0.1) is 0 Å². The summed E-state index contributed by atoms with van der Waals surface area (Å²) >= 11 is 0. The second-order valence-corrected chi connectivity index (χ2v) is 7.28. The van der Waals surface area contributed by atoms with Gasteiger partial charge in [-0.15, -0.1) is 0 Å². The Kier molecular flexibility index (Phi) is 6.48. The highest BCUT2D eigenvalue weighted by Gasteiger charge is 2.32. The van der Waals surface area contributed by atoms with E-state index in [9.17, 15) is 13.2 Å². The largest absolute Gasteiger partial charge is 0.417 e. The van der Waals surface area contributed by atoms with Crippen LogP contribution in [0.5, 0.6) is 0 Å². The lowest BCUT2D eigenvalue weighted by Crippen LogP contribution is -2.31. The van der Waals surface area contributed by atoms with E-state index >= 15 is 0 Å². The Labute approximate surface area is 183 Å². The number of hydrogen-bond donors (Lipinski definition) is 2. The summed E-state index contributed by atoms with van der Waals surface area (Å²) in [6, 6.07) is 14.7. The Bertz CT molecular complexity index is 1060. The lowest BCUT2D eigenvalue weighted by Gasteiger charge is -2.26. The molecule has 0 bridgehead atoms. The number of nitrogens with zero attached hydrogens (tertiary/aromatic N) is 5. The van der Waals surface area contributed by atoms with E-state index in [0.717, 1.165) is 50.3 Å². The molecular formula is C22H22F3N7. The lowest BCUT2D eigenvalue weighted by molar-refractivity contribution is -0.137. The number of alkyl halides is 3. The van der Waals surface area contributed by atoms with Gasteiger partial charge in [-0.1, -0.05) is 36.4 Å². The molecule has 1 fully saturated rings. The third kappa shape index (κ3) is 5.51. The normalized spacial score (nSPS) is 14.5. The summed E-state index contributed by atoms with van der Waals surface area (Å²) in [4.78, 5) is 15.3. The summed E-state index contributed by atoms with van der Waals surface area (Å²) in [6.45, 7) is 1.66. The number of halogens is 3. The summed E-state index contributed by atoms with van der Waals surface area (Å²) in [7, 11) is 0. The molecule has 0 atom stereocenters. The smallest absolute Gasteiger partial charge is 0.341 e. The van der Waals surface area contributed by atoms with E-state index in [-0.39, 0.29) is 11.5 Å². The summed E-state index contributed by atoms with van der Waals surface area (Å²) in [5.41, 5.74) is 2.64. The van der Waals surface area contributed by atoms with E-state index in [2.05, 4.69) is 35.7 Å². The van der Waals surface area contributed by atoms with Crippen molar-refractivity contribution in [3.05, 3.63) is 65.7 Å². The summed E-state index contributed by atoms with van der Waals surface area (Å²) < 4.78 is 39.6. The highest BCUT2D eigenvalue weighted by Crippen LogP contribution is 2.31. The van der Waals surface area contributed by atoms with Crippen LogP contribution in [-0.4, -0.2) is 34.3 Å². The number of hydrogen-bond acceptors (Lipinski definition) is 7. The quantitative estimate of drug-likeness (QED) is 0.411. The zero-order valence-corrected chi connectivity index (χ0v) is 17.2. The maximum atomic E-state index is 13.2. The van der Waals surface area contributed by atoms with Crippen molar-refractivity contribution in [1.29, 1.82) is 0 Å². The fourth-order valence-electron chi connectivity index (χ4n) is 3.38. The van der Waals surface area contributed by atoms with Gasteiger partial charge in [-0.3, -0.25) is 0 Å². The zero-order chi connectivity index (χ0) is 22.4. The molecule has 7 nitrogen and oxygen atoms in total. The third-order valence-corrected chi connectivity index (χ3v) is 4.93. The molecule has 166 valence electrons. The van der Waals surface area contributed by atoms with Gasteiger partial charge in [0.05, 0.1) is 11.8 Å². The van der Waals surface area contributed by atoms with E-state index in [1.165, 1.54) is 18.2 Å². The van der Waals surface area contributed by atoms with Crippen molar-refractivity contribution in [3.8, 4) is 0 Å². The van der Waals surface area contributed by atoms with Crippen LogP contribution < -0.4 is 15.6 Å². The number of hydrazone groups is 1. The summed E-state index contributed by atoms with van der Waals surface area (Å²) in [5.74, 6) is 0.950. The van der Waals surface area contributed by atoms with Crippen LogP contribution in [0.2, 0.25) is 0 Å². The molecule has 0 spiro atoms. The molecule has 4 rings (SSSR count). The van der Waals surface area contributed by atoms with Crippen LogP contribution in [0.15, 0.2) is 59.7 Å². The predicted molar refractivity (Wildman–Crippen MR) is 118 cm³/mol. The number of piperidine rings is 1. The van der Waals surface area contributed by atoms with Crippen LogP contribution in [0.1, 0.15) is 30.4 Å². The number of para-hydroxylation sites is 1. The van der Waals surface area contributed by atoms with Crippen LogP contribution in [0.25, 0.3) is 0 Å². The molecule has 2 N–H and O–H groups in total. The van der Waals surface area contributed by atoms with Gasteiger partial charge in [0.25, 0.3) is 0 Å². The second kappa shape index (κ2) is 9.63. The van der Waals surface area contributed by atoms with Gasteiger partial charge in [0.2, 0.25) is 17.8 Å². The Morgan fingerprint density at radius 2 is 1.53 bits per heavy atom. The topological polar surface area (TPSA) is 78.3 Å². The minimum atomic E-state index is -4.47. The molecule has 3 aromatic rings. The van der Waals surface area contributed by atoms with Crippen molar-refractivity contribution in [2.45, 2.75) is 25.4 Å². The van der Waals surface area contributed by atoms with Gasteiger partial charge in [0, 0.05) is 24.3 Å². The Morgan fingerprint density at radius 1 is 0.844 bits per heavy atom. The van der Waals surface area contributed by atoms with Crippen molar-refractivity contribution in [2.24, 2.45) is 5.10 Å². The number of rotatable bonds is 6. The van der Waals surface area contributed by atoms with Crippen LogP contribution >= 0.6 is 0 Å². The van der Waals surface area contributed by atoms with E-state index in [0.29, 0.717) is 11.9 Å². The molecule has 0 aliphatic carbocycles. The first-order chi connectivity index (χ1) is 15.5. The molecule has 10 heteroatoms. The number of benzene rings is 2. The Balaban J connectivity index is 1.58. The molecule has 32 heavy (non-hydrogen) atoms. The van der Waals surface area contributed by atoms with Crippen LogP contribution in [0.3, 0.4) is 0 Å². The lowest BCUT2D eigenvalue weighted by atomic mass is 10.1. The Hall–Kier alpha value is -3.69. The number of anilines is 4. The molecular weight excluding hydrogens is 419 g/mol. The highest BCUT2D eigenvalue weighted by atomic mass is 19.4. The second-order valence-electron chi connectivity index (χ2n) is 7.28. The van der Waals surface area contributed by atoms with E-state index in [1.54, 1.807) is 0 Å². The van der Waals surface area contributed by atoms with Crippen molar-refractivity contribution in [3.63, 3.8) is 0 Å². The maximum absolute atomic E-state index is 13.2. The number of aromatic nitrogens is 3. The average Bonchev–Trinajstić information content (AvgIpc) is 2.80. The molecule has 0 amide bonds. The summed E-state index contributed by atoms with van der Waals surface area (Å²) in [5, 5.41) is 7.08. The van der Waals surface area contributed by atoms with Gasteiger partial charge in [-0.2, -0.15) is 33.2 Å². The molecule has 2 aromatic carbocycles. The van der Waals surface area contributed by atoms with Crippen molar-refractivity contribution in [1.82, 2.24) is 15.0 Å². The van der Waals surface area contributed by atoms with Gasteiger partial charge in [-0.25, -0.2) is 5.43 Å². The molecule has 0 radical (unpaired) electrons. The van der Waals surface area contributed by atoms with Gasteiger partial charge in [-0.05, 0) is 37.5 Å². The first-order valence-electron chi connectivity index (χ1n) is 10.3. The van der Waals surface area contributed by atoms with Crippen molar-refractivity contribution >= 4 is 29.7 Å². The SMILES string of the molecule is FC(F)(F)c1ccccc1C=NNc1nc(Nc2ccccc2)nc(N2CCCCC2)n1. The first-order valence-corrected chi connectivity index (χ1v) is 10.3. The Morgan fingerprint density at radius 3 is 2.28 bits per heavy atom. The maximum Gasteiger partial charge on any atom is 0.417 e. The van der Waals surface area contributed by atoms with Gasteiger partial charge in [0.15, 0.2) is 0 Å². The van der Waals surface area contributed by atoms with E-state index in [1.807, 2.05) is 30.3 Å². The van der Waals surface area contributed by atoms with Gasteiger partial charge >= 0.3 is 6.18 Å². The fraction of sp³-hybridized carbons (Fsp3) is 0.273. The van der Waals surface area contributed by atoms with Crippen LogP contribution in [0.4, 0.5) is 36.7 Å². The molecule has 2 heterocycles. The molecule has 0 unspecified atom stereocenters. The monoisotopic (exact) mass is 441 g/mol. The first kappa shape index (κ1) is 21.5. The van der Waals surface area contributed by atoms with Crippen molar-refractivity contribution in [2.75, 3.05) is 28.7 Å². The third-order valence-electron chi connectivity index (χ3n) is 4.93. The van der Waals surface area contributed by atoms with Gasteiger partial charge < -0.3 is 10.2 Å². The predicted octanol–water partition coefficient (Wildman–Crippen LogP) is 5.07. The average molecular weight is 441 g/mol. The highest BCUT2D eigenvalue weighted by molar-refractivity contribution is 5.82. The standard InChI is InChI=1S/C22H22F3N7/c23-22(24,25)18-12-6-5-9-16(18)15-26-31-20-28-19(27-17-10-3-1-4-11-17)29-21(30-20)32-13-7-2-8-14-32/h1,3-6,9-12,15H,2,7-8,13-14H2,(H2,27,28,29,30,31). The minimum absolute atomic E-state index is 0.0551. The van der Waals surface area contributed by atoms with Crippen LogP contribution in [-0.2, 0) is 6.18 Å². The molecule has 1 aliphatic heterocycles. The van der Waals surface area contributed by atoms with Crippen molar-refractivity contribution < 1.29 is 13.2 Å². The minimum Gasteiger partial charge on any atom is -0.341 e. The molecule has 0 saturated carbocycles. The molecule has 1 aromatic heterocycles. The van der Waals surface area contributed by atoms with E-state index in [4.69, 9.17) is 0 Å². The van der Waals surface area contributed by atoms with Gasteiger partial charge in [0.1, 0.15) is 0 Å². The fourth-order valence-corrected chi connectivity index (χ4v) is 3.38. The summed E-state index contributed by atoms with van der Waals surface area (Å²) in [6.07, 6.45) is -0.114.